The van der Waals surface area contributed by atoms with E-state index in [2.05, 4.69) is 10.3 Å². The Morgan fingerprint density at radius 1 is 1.19 bits per heavy atom. The number of likely N-dealkylation sites (N-methyl/N-ethyl adjacent to an activating group) is 1. The SMILES string of the molecule is CNC(=O)/C(F)=C/c1ccc(C(=O)Cc2ccccc2)[nH]1. The van der Waals surface area contributed by atoms with Gasteiger partial charge in [-0.25, -0.2) is 4.39 Å². The number of amides is 1. The summed E-state index contributed by atoms with van der Waals surface area (Å²) in [5.74, 6) is -1.82. The maximum absolute atomic E-state index is 13.4. The van der Waals surface area contributed by atoms with Crippen LogP contribution in [0.15, 0.2) is 48.3 Å². The average molecular weight is 286 g/mol. The summed E-state index contributed by atoms with van der Waals surface area (Å²) in [4.78, 5) is 25.9. The second-order valence-corrected chi connectivity index (χ2v) is 4.48. The second-order valence-electron chi connectivity index (χ2n) is 4.48. The molecule has 0 spiro atoms. The summed E-state index contributed by atoms with van der Waals surface area (Å²) in [6.07, 6.45) is 1.32. The molecule has 0 aliphatic heterocycles. The van der Waals surface area contributed by atoms with Gasteiger partial charge in [0.25, 0.3) is 5.91 Å². The van der Waals surface area contributed by atoms with Crippen molar-refractivity contribution in [3.8, 4) is 0 Å². The van der Waals surface area contributed by atoms with Crippen LogP contribution >= 0.6 is 0 Å². The summed E-state index contributed by atoms with van der Waals surface area (Å²) in [5, 5.41) is 2.18. The molecule has 0 aliphatic rings. The summed E-state index contributed by atoms with van der Waals surface area (Å²) >= 11 is 0. The van der Waals surface area contributed by atoms with Crippen LogP contribution in [0.2, 0.25) is 0 Å². The molecule has 108 valence electrons. The monoisotopic (exact) mass is 286 g/mol. The lowest BCUT2D eigenvalue weighted by Gasteiger charge is -1.99. The molecule has 0 aliphatic carbocycles. The number of carbonyl (C=O) groups excluding carboxylic acids is 2. The zero-order chi connectivity index (χ0) is 15.2. The number of aromatic nitrogens is 1. The van der Waals surface area contributed by atoms with Gasteiger partial charge in [-0.2, -0.15) is 0 Å². The Morgan fingerprint density at radius 2 is 1.90 bits per heavy atom. The highest BCUT2D eigenvalue weighted by atomic mass is 19.1. The van der Waals surface area contributed by atoms with Gasteiger partial charge in [-0.1, -0.05) is 30.3 Å². The van der Waals surface area contributed by atoms with E-state index in [1.807, 2.05) is 30.3 Å². The van der Waals surface area contributed by atoms with Gasteiger partial charge in [0, 0.05) is 25.2 Å². The molecule has 2 aromatic rings. The number of benzene rings is 1. The van der Waals surface area contributed by atoms with E-state index in [-0.39, 0.29) is 12.2 Å². The Labute approximate surface area is 121 Å². The van der Waals surface area contributed by atoms with E-state index in [1.165, 1.54) is 7.05 Å². The summed E-state index contributed by atoms with van der Waals surface area (Å²) in [7, 11) is 1.35. The normalized spacial score (nSPS) is 11.2. The van der Waals surface area contributed by atoms with Crippen molar-refractivity contribution in [2.45, 2.75) is 6.42 Å². The fourth-order valence-corrected chi connectivity index (χ4v) is 1.86. The fraction of sp³-hybridized carbons (Fsp3) is 0.125. The van der Waals surface area contributed by atoms with Crippen LogP contribution < -0.4 is 5.32 Å². The van der Waals surface area contributed by atoms with Crippen LogP contribution in [-0.2, 0) is 11.2 Å². The van der Waals surface area contributed by atoms with Gasteiger partial charge < -0.3 is 10.3 Å². The topological polar surface area (TPSA) is 62.0 Å². The molecule has 2 N–H and O–H groups in total. The lowest BCUT2D eigenvalue weighted by molar-refractivity contribution is -0.118. The number of ketones is 1. The third kappa shape index (κ3) is 3.89. The lowest BCUT2D eigenvalue weighted by Crippen LogP contribution is -2.17. The molecule has 2 rings (SSSR count). The molecule has 0 radical (unpaired) electrons. The molecule has 5 heteroatoms. The molecule has 1 heterocycles. The van der Waals surface area contributed by atoms with Gasteiger partial charge in [0.15, 0.2) is 11.6 Å². The van der Waals surface area contributed by atoms with Crippen LogP contribution in [0.1, 0.15) is 21.7 Å². The van der Waals surface area contributed by atoms with Crippen molar-refractivity contribution in [2.75, 3.05) is 7.05 Å². The van der Waals surface area contributed by atoms with Gasteiger partial charge in [0.1, 0.15) is 0 Å². The highest BCUT2D eigenvalue weighted by Gasteiger charge is 2.10. The van der Waals surface area contributed by atoms with E-state index < -0.39 is 11.7 Å². The molecule has 4 nitrogen and oxygen atoms in total. The number of rotatable bonds is 5. The Morgan fingerprint density at radius 3 is 2.57 bits per heavy atom. The Kier molecular flexibility index (Phi) is 4.66. The zero-order valence-electron chi connectivity index (χ0n) is 11.5. The van der Waals surface area contributed by atoms with Gasteiger partial charge in [0.2, 0.25) is 0 Å². The van der Waals surface area contributed by atoms with Crippen LogP contribution in [0.4, 0.5) is 4.39 Å². The second kappa shape index (κ2) is 6.65. The number of aromatic amines is 1. The molecule has 0 unspecified atom stereocenters. The summed E-state index contributed by atoms with van der Waals surface area (Å²) in [5.41, 5.74) is 1.66. The molecule has 0 fully saturated rings. The van der Waals surface area contributed by atoms with Gasteiger partial charge in [0.05, 0.1) is 5.69 Å². The van der Waals surface area contributed by atoms with Gasteiger partial charge >= 0.3 is 0 Å². The first-order valence-corrected chi connectivity index (χ1v) is 6.45. The van der Waals surface area contributed by atoms with Crippen molar-refractivity contribution in [1.29, 1.82) is 0 Å². The largest absolute Gasteiger partial charge is 0.353 e. The summed E-state index contributed by atoms with van der Waals surface area (Å²) in [6, 6.07) is 12.5. The maximum Gasteiger partial charge on any atom is 0.279 e. The summed E-state index contributed by atoms with van der Waals surface area (Å²) in [6.45, 7) is 0. The molecule has 1 amide bonds. The fourth-order valence-electron chi connectivity index (χ4n) is 1.86. The third-order valence-electron chi connectivity index (χ3n) is 2.94. The van der Waals surface area contributed by atoms with E-state index >= 15 is 0 Å². The molecule has 0 saturated heterocycles. The van der Waals surface area contributed by atoms with Crippen molar-refractivity contribution in [1.82, 2.24) is 10.3 Å². The minimum atomic E-state index is -0.915. The van der Waals surface area contributed by atoms with E-state index in [0.29, 0.717) is 11.4 Å². The van der Waals surface area contributed by atoms with Crippen molar-refractivity contribution < 1.29 is 14.0 Å². The first-order chi connectivity index (χ1) is 10.1. The predicted octanol–water partition coefficient (Wildman–Crippen LogP) is 2.50. The van der Waals surface area contributed by atoms with Gasteiger partial charge in [-0.05, 0) is 17.7 Å². The zero-order valence-corrected chi connectivity index (χ0v) is 11.5. The average Bonchev–Trinajstić information content (AvgIpc) is 2.96. The standard InChI is InChI=1S/C16H15FN2O2/c1-18-16(21)13(17)10-12-7-8-14(19-12)15(20)9-11-5-3-2-4-6-11/h2-8,10,19H,9H2,1H3,(H,18,21)/b13-10-. The number of carbonyl (C=O) groups is 2. The Hall–Kier alpha value is -2.69. The molecule has 1 aromatic heterocycles. The minimum Gasteiger partial charge on any atom is -0.353 e. The van der Waals surface area contributed by atoms with Gasteiger partial charge in [-0.3, -0.25) is 9.59 Å². The number of H-pyrrole nitrogens is 1. The molecule has 0 atom stereocenters. The van der Waals surface area contributed by atoms with E-state index in [4.69, 9.17) is 0 Å². The molecular formula is C16H15FN2O2. The number of hydrogen-bond donors (Lipinski definition) is 2. The first-order valence-electron chi connectivity index (χ1n) is 6.45. The van der Waals surface area contributed by atoms with Crippen molar-refractivity contribution in [3.05, 3.63) is 65.2 Å². The molecule has 0 bridgehead atoms. The number of hydrogen-bond acceptors (Lipinski definition) is 2. The number of halogens is 1. The van der Waals surface area contributed by atoms with Crippen molar-refractivity contribution >= 4 is 17.8 Å². The smallest absolute Gasteiger partial charge is 0.279 e. The minimum absolute atomic E-state index is 0.0961. The Bertz CT molecular complexity index is 675. The molecule has 0 saturated carbocycles. The van der Waals surface area contributed by atoms with Crippen LogP contribution in [0.3, 0.4) is 0 Å². The predicted molar refractivity (Wildman–Crippen MR) is 78.4 cm³/mol. The highest BCUT2D eigenvalue weighted by molar-refractivity contribution is 5.97. The van der Waals surface area contributed by atoms with E-state index in [1.54, 1.807) is 12.1 Å². The van der Waals surface area contributed by atoms with Gasteiger partial charge in [-0.15, -0.1) is 0 Å². The number of Topliss-reactive ketones (excluding diaryl/α,β-unsaturated/α-hetero) is 1. The number of nitrogens with one attached hydrogen (secondary N) is 2. The highest BCUT2D eigenvalue weighted by Crippen LogP contribution is 2.11. The van der Waals surface area contributed by atoms with E-state index in [9.17, 15) is 14.0 Å². The van der Waals surface area contributed by atoms with Crippen LogP contribution in [-0.4, -0.2) is 23.7 Å². The summed E-state index contributed by atoms with van der Waals surface area (Å²) < 4.78 is 13.4. The maximum atomic E-state index is 13.4. The molecule has 21 heavy (non-hydrogen) atoms. The molecule has 1 aromatic carbocycles. The van der Waals surface area contributed by atoms with Crippen LogP contribution in [0.5, 0.6) is 0 Å². The lowest BCUT2D eigenvalue weighted by atomic mass is 10.1. The van der Waals surface area contributed by atoms with Crippen LogP contribution in [0, 0.1) is 0 Å². The van der Waals surface area contributed by atoms with E-state index in [0.717, 1.165) is 11.6 Å². The van der Waals surface area contributed by atoms with Crippen LogP contribution in [0.25, 0.3) is 6.08 Å². The first kappa shape index (κ1) is 14.7. The molecular weight excluding hydrogens is 271 g/mol. The third-order valence-corrected chi connectivity index (χ3v) is 2.94. The Balaban J connectivity index is 2.09. The quantitative estimate of drug-likeness (QED) is 0.655. The van der Waals surface area contributed by atoms with Crippen molar-refractivity contribution in [3.63, 3.8) is 0 Å². The van der Waals surface area contributed by atoms with Crippen molar-refractivity contribution in [2.24, 2.45) is 0 Å².